The van der Waals surface area contributed by atoms with Crippen LogP contribution in [0.1, 0.15) is 59.1 Å². The van der Waals surface area contributed by atoms with Crippen LogP contribution in [0, 0.1) is 5.41 Å². The Morgan fingerprint density at radius 2 is 1.73 bits per heavy atom. The van der Waals surface area contributed by atoms with Crippen molar-refractivity contribution in [2.45, 2.75) is 95.8 Å². The topological polar surface area (TPSA) is 384 Å². The Labute approximate surface area is 340 Å². The number of unbranched alkanes of at least 4 members (excludes halogenated alkanes) is 2. The Morgan fingerprint density at radius 1 is 1.05 bits per heavy atom. The van der Waals surface area contributed by atoms with Crippen LogP contribution in [0.3, 0.4) is 0 Å². The van der Waals surface area contributed by atoms with Gasteiger partial charge in [0.15, 0.2) is 23.9 Å². The Morgan fingerprint density at radius 3 is 2.39 bits per heavy atom. The predicted molar refractivity (Wildman–Crippen MR) is 202 cm³/mol. The minimum absolute atomic E-state index is 0.0177. The van der Waals surface area contributed by atoms with Gasteiger partial charge in [-0.1, -0.05) is 51.8 Å². The van der Waals surface area contributed by atoms with Crippen LogP contribution in [-0.2, 0) is 50.7 Å². The normalized spacial score (nSPS) is 22.3. The van der Waals surface area contributed by atoms with Crippen molar-refractivity contribution in [3.05, 3.63) is 12.7 Å². The molecule has 0 saturated carbocycles. The highest BCUT2D eigenvalue weighted by Crippen LogP contribution is 2.61. The van der Waals surface area contributed by atoms with Gasteiger partial charge in [0.05, 0.1) is 25.6 Å². The van der Waals surface area contributed by atoms with Gasteiger partial charge in [0.1, 0.15) is 36.3 Å². The summed E-state index contributed by atoms with van der Waals surface area (Å²) in [7, 11) is -16.5. The number of phosphoric ester groups is 3. The van der Waals surface area contributed by atoms with Crippen molar-refractivity contribution in [1.82, 2.24) is 30.2 Å². The van der Waals surface area contributed by atoms with Crippen molar-refractivity contribution >= 4 is 69.1 Å². The number of aromatic nitrogens is 4. The monoisotopic (exact) mass is 927 g/mol. The number of amides is 2. The summed E-state index contributed by atoms with van der Waals surface area (Å²) in [5, 5.41) is 35.1. The number of fused-ring (bicyclic) bond motifs is 1. The zero-order valence-corrected chi connectivity index (χ0v) is 35.4. The molecule has 1 fully saturated rings. The fourth-order valence-corrected chi connectivity index (χ4v) is 8.82. The summed E-state index contributed by atoms with van der Waals surface area (Å²) in [6, 6.07) is 0. The van der Waals surface area contributed by atoms with Crippen LogP contribution in [0.15, 0.2) is 12.7 Å². The molecule has 3 heterocycles. The van der Waals surface area contributed by atoms with Gasteiger partial charge in [0.2, 0.25) is 16.9 Å². The molecule has 11 N–H and O–H groups in total. The van der Waals surface area contributed by atoms with Crippen molar-refractivity contribution < 1.29 is 90.0 Å². The molecule has 0 bridgehead atoms. The second-order valence-electron chi connectivity index (χ2n) is 13.7. The molecule has 336 valence electrons. The van der Waals surface area contributed by atoms with Gasteiger partial charge in [-0.15, -0.1) is 0 Å². The SMILES string of the molecule is CCCCCC(O)C(F)C(=O)SCCNC(=O)CCNC(=O)[C@H](O)C(C)(C)COP(=O)(O)OP(=O)(O)OC[C@H]1O[C@@H](n2cnc3c(N)ncnc32)[C@H](O)[C@@H]1OP(=O)(O)O. The van der Waals surface area contributed by atoms with E-state index in [9.17, 15) is 67.4 Å². The molecule has 0 spiro atoms. The Bertz CT molecular complexity index is 1890. The van der Waals surface area contributed by atoms with E-state index in [0.29, 0.717) is 18.2 Å². The van der Waals surface area contributed by atoms with Crippen LogP contribution >= 0.6 is 35.2 Å². The number of halogens is 1. The number of hydrogen-bond acceptors (Lipinski definition) is 19. The van der Waals surface area contributed by atoms with E-state index < -0.39 is 102 Å². The highest BCUT2D eigenvalue weighted by Gasteiger charge is 2.50. The highest BCUT2D eigenvalue weighted by atomic mass is 32.2. The summed E-state index contributed by atoms with van der Waals surface area (Å²) in [5.41, 5.74) is 4.19. The van der Waals surface area contributed by atoms with E-state index in [-0.39, 0.29) is 48.7 Å². The molecule has 1 aliphatic heterocycles. The smallest absolute Gasteiger partial charge is 0.390 e. The van der Waals surface area contributed by atoms with E-state index in [1.54, 1.807) is 0 Å². The Hall–Kier alpha value is -2.55. The van der Waals surface area contributed by atoms with Gasteiger partial charge in [-0.2, -0.15) is 4.31 Å². The number of nitrogens with two attached hydrogens (primary N) is 1. The number of thioether (sulfide) groups is 1. The first-order valence-corrected chi connectivity index (χ1v) is 23.3. The van der Waals surface area contributed by atoms with Gasteiger partial charge in [0.25, 0.3) is 0 Å². The van der Waals surface area contributed by atoms with Crippen LogP contribution in [0.4, 0.5) is 10.2 Å². The molecule has 59 heavy (non-hydrogen) atoms. The predicted octanol–water partition coefficient (Wildman–Crippen LogP) is -0.0560. The molecule has 0 radical (unpaired) electrons. The van der Waals surface area contributed by atoms with Crippen LogP contribution in [0.5, 0.6) is 0 Å². The van der Waals surface area contributed by atoms with Gasteiger partial charge in [-0.3, -0.25) is 32.5 Å². The number of nitrogens with one attached hydrogen (secondary N) is 2. The maximum atomic E-state index is 14.1. The second kappa shape index (κ2) is 22.0. The molecule has 30 heteroatoms. The molecule has 25 nitrogen and oxygen atoms in total. The molecule has 3 rings (SSSR count). The number of carbonyl (C=O) groups excluding carboxylic acids is 3. The maximum absolute atomic E-state index is 14.1. The largest absolute Gasteiger partial charge is 0.481 e. The van der Waals surface area contributed by atoms with E-state index >= 15 is 0 Å². The zero-order chi connectivity index (χ0) is 44.3. The minimum atomic E-state index is -5.60. The summed E-state index contributed by atoms with van der Waals surface area (Å²) in [5.74, 6) is -1.63. The first kappa shape index (κ1) is 50.8. The number of ether oxygens (including phenoxy) is 1. The maximum Gasteiger partial charge on any atom is 0.481 e. The van der Waals surface area contributed by atoms with Crippen molar-refractivity contribution in [2.24, 2.45) is 5.41 Å². The molecule has 1 aliphatic rings. The van der Waals surface area contributed by atoms with E-state index in [0.717, 1.165) is 30.1 Å². The summed E-state index contributed by atoms with van der Waals surface area (Å²) < 4.78 is 76.2. The van der Waals surface area contributed by atoms with Crippen molar-refractivity contribution in [3.8, 4) is 0 Å². The Kier molecular flexibility index (Phi) is 18.9. The molecule has 0 aliphatic carbocycles. The molecule has 9 atom stereocenters. The number of alkyl halides is 1. The van der Waals surface area contributed by atoms with E-state index in [4.69, 9.17) is 19.5 Å². The zero-order valence-electron chi connectivity index (χ0n) is 31.9. The van der Waals surface area contributed by atoms with E-state index in [1.165, 1.54) is 13.8 Å². The number of imidazole rings is 1. The molecule has 1 saturated heterocycles. The number of aliphatic hydroxyl groups excluding tert-OH is 3. The third kappa shape index (κ3) is 15.7. The third-order valence-electron chi connectivity index (χ3n) is 8.41. The van der Waals surface area contributed by atoms with Gasteiger partial charge in [-0.05, 0) is 6.42 Å². The first-order chi connectivity index (χ1) is 27.4. The lowest BCUT2D eigenvalue weighted by Crippen LogP contribution is -2.46. The number of nitrogens with zero attached hydrogens (tertiary/aromatic N) is 4. The van der Waals surface area contributed by atoms with E-state index in [1.807, 2.05) is 6.92 Å². The molecular formula is C29H49FN7O18P3S. The summed E-state index contributed by atoms with van der Waals surface area (Å²) >= 11 is 0.611. The van der Waals surface area contributed by atoms with Crippen molar-refractivity contribution in [2.75, 3.05) is 37.8 Å². The number of anilines is 1. The molecular weight excluding hydrogens is 878 g/mol. The number of phosphoric acid groups is 3. The van der Waals surface area contributed by atoms with Crippen LogP contribution in [-0.4, -0.2) is 140 Å². The fraction of sp³-hybridized carbons (Fsp3) is 0.724. The highest BCUT2D eigenvalue weighted by molar-refractivity contribution is 8.13. The van der Waals surface area contributed by atoms with Crippen LogP contribution in [0.25, 0.3) is 11.2 Å². The number of hydrogen-bond donors (Lipinski definition) is 10. The number of aliphatic hydroxyl groups is 3. The molecule has 4 unspecified atom stereocenters. The lowest BCUT2D eigenvalue weighted by Gasteiger charge is -2.30. The lowest BCUT2D eigenvalue weighted by atomic mass is 9.87. The molecule has 2 aromatic heterocycles. The quantitative estimate of drug-likeness (QED) is 0.0461. The molecule has 2 aromatic rings. The van der Waals surface area contributed by atoms with E-state index in [2.05, 4.69) is 34.4 Å². The standard InChI is InChI=1S/C29H49FN7O18P3S/c1-4-5-6-7-16(38)19(30)28(43)59-11-10-32-18(39)8-9-33-26(42)23(41)29(2,3)13-52-58(49,50)55-57(47,48)51-12-17-22(54-56(44,45)46)21(40)27(53-17)37-15-36-20-24(31)34-14-35-25(20)37/h14-17,19,21-23,27,38,40-41H,4-13H2,1-3H3,(H,32,39)(H,33,42)(H,47,48)(H,49,50)(H2,31,34,35)(H2,44,45,46)/t16?,17-,19?,21-,22-,23+,27-/m1/s1. The molecule has 0 aromatic carbocycles. The minimum Gasteiger partial charge on any atom is -0.390 e. The number of rotatable bonds is 25. The number of carbonyl (C=O) groups is 3. The number of nitrogen functional groups attached to an aromatic ring is 1. The average Bonchev–Trinajstić information content (AvgIpc) is 3.70. The van der Waals surface area contributed by atoms with Crippen molar-refractivity contribution in [1.29, 1.82) is 0 Å². The van der Waals surface area contributed by atoms with Crippen molar-refractivity contribution in [3.63, 3.8) is 0 Å². The van der Waals surface area contributed by atoms with Gasteiger partial charge in [0, 0.05) is 30.7 Å². The second-order valence-corrected chi connectivity index (χ2v) is 19.0. The van der Waals surface area contributed by atoms with Gasteiger partial charge in [-0.25, -0.2) is 33.0 Å². The summed E-state index contributed by atoms with van der Waals surface area (Å²) in [4.78, 5) is 87.6. The van der Waals surface area contributed by atoms with Crippen LogP contribution in [0.2, 0.25) is 0 Å². The first-order valence-electron chi connectivity index (χ1n) is 17.8. The van der Waals surface area contributed by atoms with Gasteiger partial charge < -0.3 is 56.0 Å². The fourth-order valence-electron chi connectivity index (χ4n) is 5.27. The molecule has 2 amide bonds. The lowest BCUT2D eigenvalue weighted by molar-refractivity contribution is -0.137. The van der Waals surface area contributed by atoms with Crippen LogP contribution < -0.4 is 16.4 Å². The average molecular weight is 928 g/mol. The summed E-state index contributed by atoms with van der Waals surface area (Å²) in [6.45, 7) is 2.00. The Balaban J connectivity index is 1.45. The van der Waals surface area contributed by atoms with Gasteiger partial charge >= 0.3 is 23.5 Å². The third-order valence-corrected chi connectivity index (χ3v) is 12.4. The summed E-state index contributed by atoms with van der Waals surface area (Å²) in [6.07, 6.45) is -8.22.